The fourth-order valence-electron chi connectivity index (χ4n) is 3.41. The Balaban J connectivity index is 1.79. The normalized spacial score (nSPS) is 22.0. The van der Waals surface area contributed by atoms with Crippen molar-refractivity contribution < 1.29 is 14.7 Å². The number of hydrogen-bond acceptors (Lipinski definition) is 3. The van der Waals surface area contributed by atoms with Crippen LogP contribution >= 0.6 is 0 Å². The molecule has 1 aliphatic carbocycles. The van der Waals surface area contributed by atoms with E-state index in [2.05, 4.69) is 19.1 Å². The maximum Gasteiger partial charge on any atom is 0.707 e. The van der Waals surface area contributed by atoms with Crippen LogP contribution in [0.1, 0.15) is 69.8 Å². The fraction of sp³-hybridized carbons (Fsp3) is 0.647. The van der Waals surface area contributed by atoms with Crippen molar-refractivity contribution in [3.8, 4) is 5.75 Å². The first kappa shape index (κ1) is 16.4. The third kappa shape index (κ3) is 5.37. The molecule has 1 aliphatic rings. The Bertz CT molecular complexity index is 397. The van der Waals surface area contributed by atoms with Gasteiger partial charge in [0.25, 0.3) is 0 Å². The third-order valence-electron chi connectivity index (χ3n) is 4.66. The molecule has 0 radical (unpaired) electrons. The number of unbranched alkanes of at least 4 members (excludes halogenated alkanes) is 2. The highest BCUT2D eigenvalue weighted by atomic mass is 16.6. The lowest BCUT2D eigenvalue weighted by atomic mass is 9.77. The molecule has 21 heavy (non-hydrogen) atoms. The van der Waals surface area contributed by atoms with Crippen molar-refractivity contribution in [2.24, 2.45) is 5.92 Å². The number of benzene rings is 1. The molecule has 116 valence electrons. The molecule has 0 atom stereocenters. The van der Waals surface area contributed by atoms with Gasteiger partial charge in [-0.05, 0) is 55.2 Å². The van der Waals surface area contributed by atoms with Crippen molar-refractivity contribution in [1.29, 1.82) is 0 Å². The van der Waals surface area contributed by atoms with Gasteiger partial charge in [0.1, 0.15) is 5.75 Å². The molecule has 4 heteroatoms. The lowest BCUT2D eigenvalue weighted by Gasteiger charge is -2.29. The molecule has 0 aromatic heterocycles. The molecule has 3 nitrogen and oxygen atoms in total. The summed E-state index contributed by atoms with van der Waals surface area (Å²) in [6.45, 7) is 2.26. The standard InChI is InChI=1S/C17H27BO3/c1-2-3-4-5-14-6-8-15(9-7-14)16-10-12-17(13-11-16)21-18(19)20/h10-15,19-20H,2-9H2,1H3/t14-,15-. The Hall–Kier alpha value is -0.995. The molecule has 0 saturated heterocycles. The van der Waals surface area contributed by atoms with Crippen LogP contribution in [0.15, 0.2) is 24.3 Å². The van der Waals surface area contributed by atoms with Crippen LogP contribution in [-0.2, 0) is 0 Å². The van der Waals surface area contributed by atoms with Gasteiger partial charge in [0, 0.05) is 0 Å². The van der Waals surface area contributed by atoms with E-state index >= 15 is 0 Å². The molecule has 1 aromatic rings. The highest BCUT2D eigenvalue weighted by Crippen LogP contribution is 2.38. The van der Waals surface area contributed by atoms with Crippen molar-refractivity contribution in [3.63, 3.8) is 0 Å². The zero-order valence-electron chi connectivity index (χ0n) is 13.0. The van der Waals surface area contributed by atoms with Crippen molar-refractivity contribution in [1.82, 2.24) is 0 Å². The fourth-order valence-corrected chi connectivity index (χ4v) is 3.41. The average Bonchev–Trinajstić information content (AvgIpc) is 2.49. The van der Waals surface area contributed by atoms with Gasteiger partial charge in [-0.3, -0.25) is 0 Å². The SMILES string of the molecule is CCCCC[C@H]1CC[C@H](c2ccc(OB(O)O)cc2)CC1. The van der Waals surface area contributed by atoms with E-state index in [0.717, 1.165) is 5.92 Å². The maximum atomic E-state index is 8.77. The van der Waals surface area contributed by atoms with E-state index in [0.29, 0.717) is 11.7 Å². The van der Waals surface area contributed by atoms with E-state index in [1.807, 2.05) is 12.1 Å². The van der Waals surface area contributed by atoms with E-state index in [1.54, 1.807) is 0 Å². The van der Waals surface area contributed by atoms with Gasteiger partial charge in [-0.1, -0.05) is 44.7 Å². The van der Waals surface area contributed by atoms with Crippen LogP contribution < -0.4 is 4.65 Å². The topological polar surface area (TPSA) is 49.7 Å². The molecule has 0 spiro atoms. The highest BCUT2D eigenvalue weighted by Gasteiger charge is 2.22. The lowest BCUT2D eigenvalue weighted by Crippen LogP contribution is -2.20. The van der Waals surface area contributed by atoms with Crippen molar-refractivity contribution in [3.05, 3.63) is 29.8 Å². The van der Waals surface area contributed by atoms with Gasteiger partial charge < -0.3 is 14.7 Å². The molecule has 1 saturated carbocycles. The molecule has 0 bridgehead atoms. The quantitative estimate of drug-likeness (QED) is 0.591. The zero-order chi connectivity index (χ0) is 15.1. The molecule has 1 aromatic carbocycles. The smallest absolute Gasteiger partial charge is 0.512 e. The lowest BCUT2D eigenvalue weighted by molar-refractivity contribution is 0.287. The van der Waals surface area contributed by atoms with Crippen molar-refractivity contribution in [2.45, 2.75) is 64.2 Å². The Morgan fingerprint density at radius 3 is 2.29 bits per heavy atom. The van der Waals surface area contributed by atoms with Crippen LogP contribution in [0.5, 0.6) is 5.75 Å². The Morgan fingerprint density at radius 2 is 1.71 bits per heavy atom. The van der Waals surface area contributed by atoms with E-state index in [4.69, 9.17) is 14.7 Å². The van der Waals surface area contributed by atoms with Crippen molar-refractivity contribution >= 4 is 7.32 Å². The summed E-state index contributed by atoms with van der Waals surface area (Å²) in [6, 6.07) is 7.75. The maximum absolute atomic E-state index is 8.77. The van der Waals surface area contributed by atoms with E-state index in [9.17, 15) is 0 Å². The van der Waals surface area contributed by atoms with Gasteiger partial charge in [-0.2, -0.15) is 0 Å². The van der Waals surface area contributed by atoms with Gasteiger partial charge in [-0.15, -0.1) is 0 Å². The van der Waals surface area contributed by atoms with Gasteiger partial charge in [0.2, 0.25) is 0 Å². The predicted molar refractivity (Wildman–Crippen MR) is 86.1 cm³/mol. The zero-order valence-corrected chi connectivity index (χ0v) is 13.0. The van der Waals surface area contributed by atoms with Crippen LogP contribution in [0, 0.1) is 5.92 Å². The first-order valence-corrected chi connectivity index (χ1v) is 8.31. The van der Waals surface area contributed by atoms with E-state index < -0.39 is 7.32 Å². The highest BCUT2D eigenvalue weighted by molar-refractivity contribution is 6.33. The summed E-state index contributed by atoms with van der Waals surface area (Å²) in [5.74, 6) is 2.09. The Kier molecular flexibility index (Phi) is 6.59. The summed E-state index contributed by atoms with van der Waals surface area (Å²) < 4.78 is 4.84. The van der Waals surface area contributed by atoms with Gasteiger partial charge in [0.15, 0.2) is 0 Å². The molecule has 0 amide bonds. The minimum absolute atomic E-state index is 0.502. The Labute approximate surface area is 128 Å². The van der Waals surface area contributed by atoms with E-state index in [1.165, 1.54) is 56.9 Å². The van der Waals surface area contributed by atoms with Gasteiger partial charge >= 0.3 is 7.32 Å². The predicted octanol–water partition coefficient (Wildman–Crippen LogP) is 3.89. The average molecular weight is 290 g/mol. The van der Waals surface area contributed by atoms with Crippen LogP contribution in [-0.4, -0.2) is 17.4 Å². The summed E-state index contributed by atoms with van der Waals surface area (Å²) >= 11 is 0. The van der Waals surface area contributed by atoms with Gasteiger partial charge in [0.05, 0.1) is 0 Å². The van der Waals surface area contributed by atoms with Crippen LogP contribution in [0.25, 0.3) is 0 Å². The summed E-state index contributed by atoms with van der Waals surface area (Å²) in [5.41, 5.74) is 1.35. The van der Waals surface area contributed by atoms with Crippen LogP contribution in [0.3, 0.4) is 0 Å². The first-order chi connectivity index (χ1) is 10.2. The van der Waals surface area contributed by atoms with Gasteiger partial charge in [-0.25, -0.2) is 0 Å². The second kappa shape index (κ2) is 8.45. The van der Waals surface area contributed by atoms with E-state index in [-0.39, 0.29) is 0 Å². The third-order valence-corrected chi connectivity index (χ3v) is 4.66. The van der Waals surface area contributed by atoms with Crippen LogP contribution in [0.4, 0.5) is 0 Å². The second-order valence-corrected chi connectivity index (χ2v) is 6.23. The molecule has 2 rings (SSSR count). The largest absolute Gasteiger partial charge is 0.707 e. The number of rotatable bonds is 7. The summed E-state index contributed by atoms with van der Waals surface area (Å²) in [4.78, 5) is 0. The number of hydrogen-bond donors (Lipinski definition) is 2. The molecule has 2 N–H and O–H groups in total. The summed E-state index contributed by atoms with van der Waals surface area (Å²) in [7, 11) is -1.74. The summed E-state index contributed by atoms with van der Waals surface area (Å²) in [6.07, 6.45) is 10.7. The minimum Gasteiger partial charge on any atom is -0.512 e. The molecule has 1 fully saturated rings. The summed E-state index contributed by atoms with van der Waals surface area (Å²) in [5, 5.41) is 17.5. The van der Waals surface area contributed by atoms with Crippen LogP contribution in [0.2, 0.25) is 0 Å². The molecular formula is C17H27BO3. The minimum atomic E-state index is -1.74. The molecule has 0 heterocycles. The monoisotopic (exact) mass is 290 g/mol. The molecule has 0 unspecified atom stereocenters. The Morgan fingerprint density at radius 1 is 1.05 bits per heavy atom. The molecular weight excluding hydrogens is 263 g/mol. The van der Waals surface area contributed by atoms with Crippen molar-refractivity contribution in [2.75, 3.05) is 0 Å². The second-order valence-electron chi connectivity index (χ2n) is 6.23. The molecule has 0 aliphatic heterocycles. The first-order valence-electron chi connectivity index (χ1n) is 8.31.